The van der Waals surface area contributed by atoms with Gasteiger partial charge < -0.3 is 9.47 Å². The van der Waals surface area contributed by atoms with Crippen molar-refractivity contribution >= 4 is 0 Å². The Bertz CT molecular complexity index is 540. The molecule has 0 amide bonds. The molecule has 3 heterocycles. The monoisotopic (exact) mass is 286 g/mol. The number of fused-ring (bicyclic) bond motifs is 1. The Kier molecular flexibility index (Phi) is 3.16. The molecule has 2 nitrogen and oxygen atoms in total. The van der Waals surface area contributed by atoms with Crippen LogP contribution in [0.25, 0.3) is 0 Å². The summed E-state index contributed by atoms with van der Waals surface area (Å²) in [4.78, 5) is 0. The Hall–Kier alpha value is -0.860. The number of rotatable bonds is 2. The van der Waals surface area contributed by atoms with E-state index in [9.17, 15) is 0 Å². The summed E-state index contributed by atoms with van der Waals surface area (Å²) in [6, 6.07) is 8.69. The van der Waals surface area contributed by atoms with Gasteiger partial charge in [0.1, 0.15) is 0 Å². The Balaban J connectivity index is 1.62. The minimum atomic E-state index is 0.0352. The Morgan fingerprint density at radius 3 is 2.86 bits per heavy atom. The summed E-state index contributed by atoms with van der Waals surface area (Å²) in [6.07, 6.45) is 8.76. The fraction of sp³-hybridized carbons (Fsp3) is 0.684. The molecule has 1 aromatic rings. The summed E-state index contributed by atoms with van der Waals surface area (Å²) in [5.74, 6) is 0. The minimum absolute atomic E-state index is 0.0352. The van der Waals surface area contributed by atoms with E-state index < -0.39 is 0 Å². The molecule has 1 unspecified atom stereocenters. The van der Waals surface area contributed by atoms with Crippen LogP contribution in [0.1, 0.15) is 69.1 Å². The van der Waals surface area contributed by atoms with Crippen LogP contribution in [-0.2, 0) is 9.47 Å². The molecule has 0 radical (unpaired) electrons. The van der Waals surface area contributed by atoms with Crippen molar-refractivity contribution in [1.29, 1.82) is 0 Å². The van der Waals surface area contributed by atoms with Crippen molar-refractivity contribution in [2.75, 3.05) is 0 Å². The van der Waals surface area contributed by atoms with Crippen molar-refractivity contribution in [2.24, 2.45) is 0 Å². The second-order valence-electron chi connectivity index (χ2n) is 7.27. The second kappa shape index (κ2) is 4.82. The molecule has 4 atom stereocenters. The molecule has 21 heavy (non-hydrogen) atoms. The van der Waals surface area contributed by atoms with Crippen LogP contribution in [-0.4, -0.2) is 17.3 Å². The lowest BCUT2D eigenvalue weighted by atomic mass is 9.77. The van der Waals surface area contributed by atoms with E-state index in [0.717, 1.165) is 19.3 Å². The van der Waals surface area contributed by atoms with Gasteiger partial charge in [-0.1, -0.05) is 31.2 Å². The van der Waals surface area contributed by atoms with Crippen molar-refractivity contribution in [3.63, 3.8) is 0 Å². The molecule has 0 N–H and O–H groups in total. The molecule has 3 fully saturated rings. The highest BCUT2D eigenvalue weighted by Crippen LogP contribution is 2.57. The van der Waals surface area contributed by atoms with Crippen LogP contribution in [0, 0.1) is 6.92 Å². The van der Waals surface area contributed by atoms with E-state index in [1.165, 1.54) is 36.8 Å². The summed E-state index contributed by atoms with van der Waals surface area (Å²) in [5, 5.41) is 0. The molecule has 0 saturated carbocycles. The van der Waals surface area contributed by atoms with Crippen LogP contribution < -0.4 is 0 Å². The summed E-state index contributed by atoms with van der Waals surface area (Å²) < 4.78 is 13.2. The Morgan fingerprint density at radius 2 is 2.05 bits per heavy atom. The van der Waals surface area contributed by atoms with Crippen LogP contribution in [0.15, 0.2) is 24.3 Å². The highest BCUT2D eigenvalue weighted by atomic mass is 16.6. The van der Waals surface area contributed by atoms with Gasteiger partial charge in [-0.25, -0.2) is 0 Å². The molecule has 2 heteroatoms. The molecule has 1 spiro atoms. The van der Waals surface area contributed by atoms with E-state index in [1.807, 2.05) is 0 Å². The van der Waals surface area contributed by atoms with Gasteiger partial charge in [-0.15, -0.1) is 0 Å². The van der Waals surface area contributed by atoms with Gasteiger partial charge in [-0.2, -0.15) is 0 Å². The summed E-state index contributed by atoms with van der Waals surface area (Å²) >= 11 is 0. The first-order valence-electron chi connectivity index (χ1n) is 8.58. The quantitative estimate of drug-likeness (QED) is 0.784. The molecule has 4 rings (SSSR count). The zero-order valence-electron chi connectivity index (χ0n) is 13.2. The Labute approximate surface area is 127 Å². The number of hydrogen-bond donors (Lipinski definition) is 0. The first-order chi connectivity index (χ1) is 10.2. The van der Waals surface area contributed by atoms with Gasteiger partial charge in [-0.05, 0) is 56.6 Å². The van der Waals surface area contributed by atoms with Crippen molar-refractivity contribution < 1.29 is 9.47 Å². The fourth-order valence-electron chi connectivity index (χ4n) is 4.80. The number of hydrogen-bond acceptors (Lipinski definition) is 2. The summed E-state index contributed by atoms with van der Waals surface area (Å²) in [7, 11) is 0. The van der Waals surface area contributed by atoms with Crippen LogP contribution in [0.5, 0.6) is 0 Å². The molecule has 0 aromatic heterocycles. The maximum Gasteiger partial charge on any atom is 0.0952 e. The van der Waals surface area contributed by atoms with E-state index in [-0.39, 0.29) is 17.3 Å². The van der Waals surface area contributed by atoms with E-state index in [0.29, 0.717) is 6.10 Å². The van der Waals surface area contributed by atoms with Gasteiger partial charge in [0.05, 0.1) is 23.4 Å². The molecule has 2 bridgehead atoms. The van der Waals surface area contributed by atoms with Gasteiger partial charge in [0, 0.05) is 6.42 Å². The topological polar surface area (TPSA) is 18.5 Å². The highest BCUT2D eigenvalue weighted by Gasteiger charge is 2.61. The standard InChI is InChI=1S/C19H26O2/c1-3-18-11-12-19(21-18)10-6-9-16(20-17(19)13-18)15-8-5-4-7-14(15)2/h4-5,7-8,16-17H,3,6,9-13H2,1-2H3/t16?,17-,18-,19+/m0/s1. The lowest BCUT2D eigenvalue weighted by Crippen LogP contribution is -2.39. The van der Waals surface area contributed by atoms with Crippen molar-refractivity contribution in [3.05, 3.63) is 35.4 Å². The number of ether oxygens (including phenoxy) is 2. The zero-order valence-corrected chi connectivity index (χ0v) is 13.2. The third-order valence-corrected chi connectivity index (χ3v) is 6.14. The molecule has 3 aliphatic rings. The maximum atomic E-state index is 6.63. The highest BCUT2D eigenvalue weighted by molar-refractivity contribution is 5.28. The van der Waals surface area contributed by atoms with E-state index >= 15 is 0 Å². The normalized spacial score (nSPS) is 41.8. The van der Waals surface area contributed by atoms with Crippen LogP contribution in [0.2, 0.25) is 0 Å². The third-order valence-electron chi connectivity index (χ3n) is 6.14. The summed E-state index contributed by atoms with van der Waals surface area (Å²) in [6.45, 7) is 4.47. The lowest BCUT2D eigenvalue weighted by Gasteiger charge is -2.32. The molecular weight excluding hydrogens is 260 g/mol. The average molecular weight is 286 g/mol. The largest absolute Gasteiger partial charge is 0.367 e. The van der Waals surface area contributed by atoms with Gasteiger partial charge >= 0.3 is 0 Å². The van der Waals surface area contributed by atoms with Crippen molar-refractivity contribution in [3.8, 4) is 0 Å². The Morgan fingerprint density at radius 1 is 1.19 bits per heavy atom. The molecule has 0 aliphatic carbocycles. The van der Waals surface area contributed by atoms with E-state index in [1.54, 1.807) is 0 Å². The van der Waals surface area contributed by atoms with Crippen molar-refractivity contribution in [2.45, 2.75) is 82.2 Å². The number of benzene rings is 1. The third kappa shape index (κ3) is 2.07. The predicted molar refractivity (Wildman–Crippen MR) is 83.3 cm³/mol. The molecule has 1 aromatic carbocycles. The first-order valence-corrected chi connectivity index (χ1v) is 8.58. The van der Waals surface area contributed by atoms with E-state index in [2.05, 4.69) is 38.1 Å². The molecule has 3 saturated heterocycles. The van der Waals surface area contributed by atoms with Crippen LogP contribution in [0.3, 0.4) is 0 Å². The number of aryl methyl sites for hydroxylation is 1. The van der Waals surface area contributed by atoms with Gasteiger partial charge in [-0.3, -0.25) is 0 Å². The van der Waals surface area contributed by atoms with E-state index in [4.69, 9.17) is 9.47 Å². The maximum absolute atomic E-state index is 6.63. The average Bonchev–Trinajstić information content (AvgIpc) is 2.94. The summed E-state index contributed by atoms with van der Waals surface area (Å²) in [5.41, 5.74) is 2.89. The first kappa shape index (κ1) is 13.8. The zero-order chi connectivity index (χ0) is 14.5. The predicted octanol–water partition coefficient (Wildman–Crippen LogP) is 4.71. The van der Waals surface area contributed by atoms with Crippen LogP contribution in [0.4, 0.5) is 0 Å². The van der Waals surface area contributed by atoms with Gasteiger partial charge in [0.2, 0.25) is 0 Å². The minimum Gasteiger partial charge on any atom is -0.367 e. The SMILES string of the molecule is CC[C@]12CC[C@@]3(CCCC(c4ccccc4C)O[C@H]3C1)O2. The lowest BCUT2D eigenvalue weighted by molar-refractivity contribution is -0.103. The smallest absolute Gasteiger partial charge is 0.0952 e. The fourth-order valence-corrected chi connectivity index (χ4v) is 4.80. The molecule has 3 aliphatic heterocycles. The molecular formula is C19H26O2. The second-order valence-corrected chi connectivity index (χ2v) is 7.27. The van der Waals surface area contributed by atoms with Crippen LogP contribution >= 0.6 is 0 Å². The van der Waals surface area contributed by atoms with Crippen molar-refractivity contribution in [1.82, 2.24) is 0 Å². The van der Waals surface area contributed by atoms with Gasteiger partial charge in [0.15, 0.2) is 0 Å². The molecule has 114 valence electrons. The van der Waals surface area contributed by atoms with Gasteiger partial charge in [0.25, 0.3) is 0 Å².